The second kappa shape index (κ2) is 5.62. The van der Waals surface area contributed by atoms with Crippen molar-refractivity contribution in [1.82, 2.24) is 4.98 Å². The number of nitrogens with zero attached hydrogens (tertiary/aromatic N) is 1. The highest BCUT2D eigenvalue weighted by Gasteiger charge is 2.14. The number of hydrogen-bond acceptors (Lipinski definition) is 2. The van der Waals surface area contributed by atoms with Gasteiger partial charge in [0.15, 0.2) is 0 Å². The van der Waals surface area contributed by atoms with E-state index in [0.29, 0.717) is 0 Å². The molecule has 0 saturated heterocycles. The first-order valence-corrected chi connectivity index (χ1v) is 7.02. The van der Waals surface area contributed by atoms with E-state index in [0.717, 1.165) is 39.7 Å². The van der Waals surface area contributed by atoms with Crippen LogP contribution >= 0.6 is 0 Å². The number of benzene rings is 2. The van der Waals surface area contributed by atoms with E-state index in [1.807, 2.05) is 31.2 Å². The molecule has 3 rings (SSSR count). The van der Waals surface area contributed by atoms with Crippen LogP contribution in [0.2, 0.25) is 0 Å². The molecule has 0 fully saturated rings. The van der Waals surface area contributed by atoms with Crippen LogP contribution in [0.4, 0.5) is 4.39 Å². The molecule has 2 aromatic carbocycles. The lowest BCUT2D eigenvalue weighted by Crippen LogP contribution is -2.01. The highest BCUT2D eigenvalue weighted by molar-refractivity contribution is 5.96. The summed E-state index contributed by atoms with van der Waals surface area (Å²) in [6.45, 7) is 1.94. The van der Waals surface area contributed by atoms with Crippen molar-refractivity contribution in [2.45, 2.75) is 20.0 Å². The topological polar surface area (TPSA) is 33.1 Å². The van der Waals surface area contributed by atoms with Crippen LogP contribution in [0.1, 0.15) is 18.2 Å². The number of rotatable bonds is 3. The molecule has 1 aromatic heterocycles. The maximum Gasteiger partial charge on any atom is 0.123 e. The van der Waals surface area contributed by atoms with Crippen molar-refractivity contribution in [1.29, 1.82) is 0 Å². The smallest absolute Gasteiger partial charge is 0.123 e. The molecule has 3 aromatic rings. The zero-order valence-corrected chi connectivity index (χ0v) is 11.8. The fraction of sp³-hybridized carbons (Fsp3) is 0.167. The zero-order chi connectivity index (χ0) is 14.8. The number of halogens is 1. The molecular weight excluding hydrogens is 265 g/mol. The molecule has 0 unspecified atom stereocenters. The Morgan fingerprint density at radius 3 is 2.43 bits per heavy atom. The van der Waals surface area contributed by atoms with Crippen LogP contribution in [0.25, 0.3) is 22.0 Å². The van der Waals surface area contributed by atoms with Gasteiger partial charge in [-0.1, -0.05) is 37.3 Å². The molecule has 106 valence electrons. The van der Waals surface area contributed by atoms with E-state index in [2.05, 4.69) is 4.98 Å². The van der Waals surface area contributed by atoms with Gasteiger partial charge in [0.25, 0.3) is 0 Å². The second-order valence-electron chi connectivity index (χ2n) is 4.95. The third-order valence-electron chi connectivity index (χ3n) is 3.70. The van der Waals surface area contributed by atoms with Gasteiger partial charge in [0, 0.05) is 16.6 Å². The Labute approximate surface area is 122 Å². The fourth-order valence-electron chi connectivity index (χ4n) is 2.71. The summed E-state index contributed by atoms with van der Waals surface area (Å²) in [5, 5.41) is 10.8. The predicted octanol–water partition coefficient (Wildman–Crippen LogP) is 4.10. The second-order valence-corrected chi connectivity index (χ2v) is 4.95. The quantitative estimate of drug-likeness (QED) is 0.784. The molecule has 0 atom stereocenters. The molecule has 0 bridgehead atoms. The minimum absolute atomic E-state index is 0.0757. The van der Waals surface area contributed by atoms with Crippen molar-refractivity contribution in [3.05, 3.63) is 65.6 Å². The molecule has 0 aliphatic rings. The Balaban J connectivity index is 2.39. The molecule has 0 amide bonds. The molecule has 0 aliphatic carbocycles. The summed E-state index contributed by atoms with van der Waals surface area (Å²) in [6.07, 6.45) is 0.745. The number of para-hydroxylation sites is 1. The maximum absolute atomic E-state index is 13.2. The van der Waals surface area contributed by atoms with Gasteiger partial charge in [0.2, 0.25) is 0 Å². The molecule has 0 radical (unpaired) electrons. The number of aliphatic hydroxyl groups is 1. The van der Waals surface area contributed by atoms with Gasteiger partial charge in [-0.15, -0.1) is 0 Å². The number of pyridine rings is 1. The average Bonchev–Trinajstić information content (AvgIpc) is 2.53. The Bertz CT molecular complexity index is 781. The van der Waals surface area contributed by atoms with Gasteiger partial charge >= 0.3 is 0 Å². The summed E-state index contributed by atoms with van der Waals surface area (Å²) in [7, 11) is 0. The van der Waals surface area contributed by atoms with Crippen LogP contribution in [0.5, 0.6) is 0 Å². The van der Waals surface area contributed by atoms with Crippen LogP contribution in [0, 0.1) is 5.82 Å². The maximum atomic E-state index is 13.2. The highest BCUT2D eigenvalue weighted by Crippen LogP contribution is 2.33. The summed E-state index contributed by atoms with van der Waals surface area (Å²) < 4.78 is 13.2. The van der Waals surface area contributed by atoms with Gasteiger partial charge in [-0.2, -0.15) is 0 Å². The van der Waals surface area contributed by atoms with Crippen molar-refractivity contribution in [3.8, 4) is 11.1 Å². The molecule has 0 aliphatic heterocycles. The zero-order valence-electron chi connectivity index (χ0n) is 11.8. The van der Waals surface area contributed by atoms with Gasteiger partial charge in [0.1, 0.15) is 5.82 Å². The Hall–Kier alpha value is -2.26. The molecule has 0 saturated carbocycles. The number of aliphatic hydroxyl groups excluding tert-OH is 1. The first-order valence-electron chi connectivity index (χ1n) is 7.02. The van der Waals surface area contributed by atoms with Crippen LogP contribution in [-0.4, -0.2) is 10.1 Å². The van der Waals surface area contributed by atoms with E-state index in [4.69, 9.17) is 0 Å². The summed E-state index contributed by atoms with van der Waals surface area (Å²) in [5.74, 6) is -0.265. The summed E-state index contributed by atoms with van der Waals surface area (Å²) in [5.41, 5.74) is 4.44. The van der Waals surface area contributed by atoms with E-state index in [1.54, 1.807) is 12.1 Å². The molecule has 2 nitrogen and oxygen atoms in total. The summed E-state index contributed by atoms with van der Waals surface area (Å²) in [4.78, 5) is 4.63. The molecule has 1 N–H and O–H groups in total. The minimum atomic E-state index is -0.265. The lowest BCUT2D eigenvalue weighted by Gasteiger charge is -2.15. The summed E-state index contributed by atoms with van der Waals surface area (Å²) >= 11 is 0. The van der Waals surface area contributed by atoms with Crippen LogP contribution < -0.4 is 0 Å². The Morgan fingerprint density at radius 1 is 1.05 bits per heavy atom. The van der Waals surface area contributed by atoms with Crippen molar-refractivity contribution in [3.63, 3.8) is 0 Å². The van der Waals surface area contributed by atoms with Crippen molar-refractivity contribution >= 4 is 10.9 Å². The van der Waals surface area contributed by atoms with Crippen molar-refractivity contribution in [2.75, 3.05) is 0 Å². The monoisotopic (exact) mass is 281 g/mol. The number of aromatic nitrogens is 1. The largest absolute Gasteiger partial charge is 0.392 e. The molecule has 1 heterocycles. The van der Waals surface area contributed by atoms with Gasteiger partial charge in [-0.3, -0.25) is 4.98 Å². The molecule has 3 heteroatoms. The lowest BCUT2D eigenvalue weighted by molar-refractivity contribution is 0.281. The van der Waals surface area contributed by atoms with Crippen molar-refractivity contribution < 1.29 is 9.50 Å². The predicted molar refractivity (Wildman–Crippen MR) is 82.4 cm³/mol. The van der Waals surface area contributed by atoms with Gasteiger partial charge in [-0.05, 0) is 35.7 Å². The third kappa shape index (κ3) is 2.41. The molecule has 0 spiro atoms. The van der Waals surface area contributed by atoms with E-state index in [9.17, 15) is 9.50 Å². The number of fused-ring (bicyclic) bond motifs is 1. The summed E-state index contributed by atoms with van der Waals surface area (Å²) in [6, 6.07) is 14.2. The first kappa shape index (κ1) is 13.7. The number of aryl methyl sites for hydroxylation is 1. The minimum Gasteiger partial charge on any atom is -0.392 e. The standard InChI is InChI=1S/C18H16FNO/c1-2-16-15(11-21)18(12-7-9-13(19)10-8-12)14-5-3-4-6-17(14)20-16/h3-10,21H,2,11H2,1H3. The average molecular weight is 281 g/mol. The molecule has 21 heavy (non-hydrogen) atoms. The van der Waals surface area contributed by atoms with E-state index in [-0.39, 0.29) is 12.4 Å². The van der Waals surface area contributed by atoms with Gasteiger partial charge in [-0.25, -0.2) is 4.39 Å². The number of hydrogen-bond donors (Lipinski definition) is 1. The molecular formula is C18H16FNO. The lowest BCUT2D eigenvalue weighted by atomic mass is 9.94. The van der Waals surface area contributed by atoms with Crippen molar-refractivity contribution in [2.24, 2.45) is 0 Å². The van der Waals surface area contributed by atoms with Crippen LogP contribution in [-0.2, 0) is 13.0 Å². The fourth-order valence-corrected chi connectivity index (χ4v) is 2.71. The van der Waals surface area contributed by atoms with E-state index < -0.39 is 0 Å². The van der Waals surface area contributed by atoms with Gasteiger partial charge in [0.05, 0.1) is 12.1 Å². The van der Waals surface area contributed by atoms with E-state index in [1.165, 1.54) is 12.1 Å². The first-order chi connectivity index (χ1) is 10.2. The van der Waals surface area contributed by atoms with Gasteiger partial charge < -0.3 is 5.11 Å². The van der Waals surface area contributed by atoms with Crippen LogP contribution in [0.15, 0.2) is 48.5 Å². The Kier molecular flexibility index (Phi) is 3.67. The third-order valence-corrected chi connectivity index (χ3v) is 3.70. The normalized spacial score (nSPS) is 11.0. The Morgan fingerprint density at radius 2 is 1.76 bits per heavy atom. The van der Waals surface area contributed by atoms with Crippen LogP contribution in [0.3, 0.4) is 0 Å². The SMILES string of the molecule is CCc1nc2ccccc2c(-c2ccc(F)cc2)c1CO. The van der Waals surface area contributed by atoms with E-state index >= 15 is 0 Å². The highest BCUT2D eigenvalue weighted by atomic mass is 19.1.